The Balaban J connectivity index is 1.82. The van der Waals surface area contributed by atoms with Gasteiger partial charge in [0.05, 0.1) is 22.6 Å². The molecule has 0 bridgehead atoms. The lowest BCUT2D eigenvalue weighted by Crippen LogP contribution is -2.26. The van der Waals surface area contributed by atoms with Crippen molar-refractivity contribution in [3.05, 3.63) is 34.5 Å². The molecule has 0 aliphatic carbocycles. The van der Waals surface area contributed by atoms with E-state index in [1.165, 1.54) is 17.3 Å². The molecule has 1 aliphatic rings. The number of piperidine rings is 1. The van der Waals surface area contributed by atoms with Crippen LogP contribution in [0.5, 0.6) is 0 Å². The molecular weight excluding hydrogens is 249 g/mol. The van der Waals surface area contributed by atoms with Crippen molar-refractivity contribution in [2.75, 3.05) is 13.1 Å². The molecule has 2 aromatic heterocycles. The van der Waals surface area contributed by atoms with E-state index in [9.17, 15) is 4.39 Å². The van der Waals surface area contributed by atoms with Crippen molar-refractivity contribution in [1.29, 1.82) is 0 Å². The van der Waals surface area contributed by atoms with E-state index in [-0.39, 0.29) is 5.82 Å². The normalized spacial score (nSPS) is 16.9. The van der Waals surface area contributed by atoms with Gasteiger partial charge in [0, 0.05) is 11.3 Å². The van der Waals surface area contributed by atoms with Crippen LogP contribution in [0.1, 0.15) is 23.8 Å². The molecule has 0 aromatic carbocycles. The van der Waals surface area contributed by atoms with Crippen LogP contribution in [-0.4, -0.2) is 23.1 Å². The maximum absolute atomic E-state index is 12.8. The van der Waals surface area contributed by atoms with Crippen LogP contribution in [0.4, 0.5) is 4.39 Å². The van der Waals surface area contributed by atoms with Gasteiger partial charge in [-0.1, -0.05) is 0 Å². The van der Waals surface area contributed by atoms with E-state index in [4.69, 9.17) is 0 Å². The van der Waals surface area contributed by atoms with Gasteiger partial charge in [-0.25, -0.2) is 9.37 Å². The molecule has 5 heteroatoms. The molecule has 94 valence electrons. The van der Waals surface area contributed by atoms with Crippen LogP contribution in [0.2, 0.25) is 0 Å². The summed E-state index contributed by atoms with van der Waals surface area (Å²) in [4.78, 5) is 8.70. The van der Waals surface area contributed by atoms with Crippen LogP contribution in [-0.2, 0) is 0 Å². The minimum absolute atomic E-state index is 0.312. The van der Waals surface area contributed by atoms with Crippen molar-refractivity contribution in [2.45, 2.75) is 18.8 Å². The largest absolute Gasteiger partial charge is 0.317 e. The van der Waals surface area contributed by atoms with E-state index in [1.807, 2.05) is 5.38 Å². The number of pyridine rings is 1. The zero-order valence-electron chi connectivity index (χ0n) is 9.90. The summed E-state index contributed by atoms with van der Waals surface area (Å²) in [5.41, 5.74) is 1.60. The highest BCUT2D eigenvalue weighted by atomic mass is 32.1. The first-order valence-electron chi connectivity index (χ1n) is 6.11. The summed E-state index contributed by atoms with van der Waals surface area (Å²) in [6.07, 6.45) is 3.52. The Labute approximate surface area is 109 Å². The lowest BCUT2D eigenvalue weighted by Gasteiger charge is -2.20. The molecule has 0 amide bonds. The molecule has 1 saturated heterocycles. The Morgan fingerprint density at radius 2 is 2.06 bits per heavy atom. The molecule has 1 fully saturated rings. The average Bonchev–Trinajstić information content (AvgIpc) is 2.90. The fourth-order valence-corrected chi connectivity index (χ4v) is 3.17. The molecule has 3 heterocycles. The number of rotatable bonds is 2. The van der Waals surface area contributed by atoms with Crippen molar-refractivity contribution >= 4 is 11.3 Å². The van der Waals surface area contributed by atoms with Crippen molar-refractivity contribution < 1.29 is 4.39 Å². The highest BCUT2D eigenvalue weighted by Gasteiger charge is 2.18. The molecule has 18 heavy (non-hydrogen) atoms. The van der Waals surface area contributed by atoms with Gasteiger partial charge >= 0.3 is 0 Å². The number of thiazole rings is 1. The minimum atomic E-state index is -0.312. The quantitative estimate of drug-likeness (QED) is 0.905. The molecule has 2 aromatic rings. The van der Waals surface area contributed by atoms with Gasteiger partial charge in [-0.15, -0.1) is 11.3 Å². The lowest BCUT2D eigenvalue weighted by molar-refractivity contribution is 0.459. The zero-order valence-corrected chi connectivity index (χ0v) is 10.7. The molecule has 0 radical (unpaired) electrons. The first kappa shape index (κ1) is 11.7. The third-order valence-corrected chi connectivity index (χ3v) is 4.21. The van der Waals surface area contributed by atoms with E-state index >= 15 is 0 Å². The fourth-order valence-electron chi connectivity index (χ4n) is 2.19. The van der Waals surface area contributed by atoms with Crippen LogP contribution < -0.4 is 5.32 Å². The monoisotopic (exact) mass is 263 g/mol. The summed E-state index contributed by atoms with van der Waals surface area (Å²) >= 11 is 1.68. The number of halogens is 1. The number of aromatic nitrogens is 2. The Kier molecular flexibility index (Phi) is 3.34. The van der Waals surface area contributed by atoms with E-state index in [1.54, 1.807) is 17.4 Å². The highest BCUT2D eigenvalue weighted by Crippen LogP contribution is 2.30. The second kappa shape index (κ2) is 5.12. The molecule has 1 aliphatic heterocycles. The summed E-state index contributed by atoms with van der Waals surface area (Å²) in [6, 6.07) is 3.10. The van der Waals surface area contributed by atoms with Crippen LogP contribution in [0.25, 0.3) is 11.4 Å². The molecule has 0 atom stereocenters. The number of nitrogens with one attached hydrogen (secondary N) is 1. The predicted molar refractivity (Wildman–Crippen MR) is 70.1 cm³/mol. The van der Waals surface area contributed by atoms with Crippen LogP contribution >= 0.6 is 11.3 Å². The van der Waals surface area contributed by atoms with E-state index in [0.29, 0.717) is 5.92 Å². The van der Waals surface area contributed by atoms with Crippen LogP contribution in [0, 0.1) is 5.82 Å². The van der Waals surface area contributed by atoms with Crippen LogP contribution in [0.3, 0.4) is 0 Å². The molecular formula is C13H14FN3S. The molecule has 3 rings (SSSR count). The predicted octanol–water partition coefficient (Wildman–Crippen LogP) is 2.81. The van der Waals surface area contributed by atoms with Gasteiger partial charge in [0.25, 0.3) is 0 Å². The Hall–Kier alpha value is -1.33. The number of hydrogen-bond donors (Lipinski definition) is 1. The van der Waals surface area contributed by atoms with Gasteiger partial charge in [-0.2, -0.15) is 0 Å². The maximum atomic E-state index is 12.8. The molecule has 0 unspecified atom stereocenters. The Bertz CT molecular complexity index is 517. The van der Waals surface area contributed by atoms with Crippen molar-refractivity contribution in [1.82, 2.24) is 15.3 Å². The summed E-state index contributed by atoms with van der Waals surface area (Å²) < 4.78 is 12.8. The van der Waals surface area contributed by atoms with Gasteiger partial charge in [0.2, 0.25) is 0 Å². The first-order chi connectivity index (χ1) is 8.83. The summed E-state index contributed by atoms with van der Waals surface area (Å²) in [6.45, 7) is 2.13. The fraction of sp³-hybridized carbons (Fsp3) is 0.385. The van der Waals surface area contributed by atoms with Crippen molar-refractivity contribution in [3.8, 4) is 11.4 Å². The summed E-state index contributed by atoms with van der Waals surface area (Å²) in [5.74, 6) is 0.248. The summed E-state index contributed by atoms with van der Waals surface area (Å²) in [7, 11) is 0. The van der Waals surface area contributed by atoms with Gasteiger partial charge in [-0.3, -0.25) is 4.98 Å². The zero-order chi connectivity index (χ0) is 12.4. The standard InChI is InChI=1S/C13H14FN3S/c14-10-1-2-11(16-7-10)12-8-18-13(17-12)9-3-5-15-6-4-9/h1-2,7-9,15H,3-6H2. The number of hydrogen-bond acceptors (Lipinski definition) is 4. The van der Waals surface area contributed by atoms with Gasteiger partial charge in [0.1, 0.15) is 5.82 Å². The Morgan fingerprint density at radius 3 is 2.78 bits per heavy atom. The minimum Gasteiger partial charge on any atom is -0.317 e. The van der Waals surface area contributed by atoms with Gasteiger partial charge < -0.3 is 5.32 Å². The Morgan fingerprint density at radius 1 is 1.22 bits per heavy atom. The maximum Gasteiger partial charge on any atom is 0.141 e. The first-order valence-corrected chi connectivity index (χ1v) is 6.99. The van der Waals surface area contributed by atoms with Gasteiger partial charge in [0.15, 0.2) is 0 Å². The topological polar surface area (TPSA) is 37.8 Å². The van der Waals surface area contributed by atoms with E-state index in [0.717, 1.165) is 37.3 Å². The van der Waals surface area contributed by atoms with Crippen molar-refractivity contribution in [2.24, 2.45) is 0 Å². The average molecular weight is 263 g/mol. The highest BCUT2D eigenvalue weighted by molar-refractivity contribution is 7.10. The molecule has 3 nitrogen and oxygen atoms in total. The smallest absolute Gasteiger partial charge is 0.141 e. The molecule has 1 N–H and O–H groups in total. The third kappa shape index (κ3) is 2.42. The second-order valence-electron chi connectivity index (χ2n) is 4.46. The lowest BCUT2D eigenvalue weighted by atomic mass is 9.99. The second-order valence-corrected chi connectivity index (χ2v) is 5.35. The van der Waals surface area contributed by atoms with Gasteiger partial charge in [-0.05, 0) is 38.1 Å². The third-order valence-electron chi connectivity index (χ3n) is 3.20. The summed E-state index contributed by atoms with van der Waals surface area (Å²) in [5, 5.41) is 6.54. The van der Waals surface area contributed by atoms with E-state index < -0.39 is 0 Å². The van der Waals surface area contributed by atoms with Crippen molar-refractivity contribution in [3.63, 3.8) is 0 Å². The molecule has 0 saturated carbocycles. The number of nitrogens with zero attached hydrogens (tertiary/aromatic N) is 2. The van der Waals surface area contributed by atoms with E-state index in [2.05, 4.69) is 15.3 Å². The van der Waals surface area contributed by atoms with Crippen LogP contribution in [0.15, 0.2) is 23.7 Å². The molecule has 0 spiro atoms. The SMILES string of the molecule is Fc1ccc(-c2csc(C3CCNCC3)n2)nc1.